The predicted molar refractivity (Wildman–Crippen MR) is 157 cm³/mol. The molecule has 1 nitrogen and oxygen atoms in total. The number of halogens is 2. The topological polar surface area (TPSA) is 3.24 Å². The maximum atomic E-state index is 3.58. The molecule has 1 aliphatic rings. The van der Waals surface area contributed by atoms with Gasteiger partial charge in [0.2, 0.25) is 0 Å². The summed E-state index contributed by atoms with van der Waals surface area (Å²) in [7, 11) is 0. The fourth-order valence-corrected chi connectivity index (χ4v) is 6.39. The van der Waals surface area contributed by atoms with Gasteiger partial charge in [-0.15, -0.1) is 0 Å². The van der Waals surface area contributed by atoms with E-state index in [1.54, 1.807) is 0 Å². The lowest BCUT2D eigenvalue weighted by atomic mass is 9.82. The van der Waals surface area contributed by atoms with Gasteiger partial charge in [0.1, 0.15) is 0 Å². The van der Waals surface area contributed by atoms with Gasteiger partial charge in [-0.25, -0.2) is 0 Å². The van der Waals surface area contributed by atoms with Crippen molar-refractivity contribution >= 4 is 48.9 Å². The first-order valence-corrected chi connectivity index (χ1v) is 13.7. The van der Waals surface area contributed by atoms with Crippen LogP contribution in [0.3, 0.4) is 0 Å². The van der Waals surface area contributed by atoms with E-state index in [-0.39, 0.29) is 10.8 Å². The smallest absolute Gasteiger partial charge is 0.0491 e. The zero-order valence-corrected chi connectivity index (χ0v) is 24.2. The molecule has 0 N–H and O–H groups in total. The average molecular weight is 589 g/mol. The van der Waals surface area contributed by atoms with Crippen LogP contribution in [-0.2, 0) is 10.8 Å². The molecule has 4 aromatic carbocycles. The van der Waals surface area contributed by atoms with Crippen molar-refractivity contribution in [3.8, 4) is 11.1 Å². The van der Waals surface area contributed by atoms with Gasteiger partial charge in [-0.1, -0.05) is 83.8 Å². The van der Waals surface area contributed by atoms with Gasteiger partial charge in [-0.2, -0.15) is 0 Å². The average Bonchev–Trinajstić information content (AvgIpc) is 3.00. The summed E-state index contributed by atoms with van der Waals surface area (Å²) in [6, 6.07) is 31.0. The fourth-order valence-electron chi connectivity index (χ4n) is 5.86. The highest BCUT2D eigenvalue weighted by atomic mass is 79.9. The third kappa shape index (κ3) is 4.61. The van der Waals surface area contributed by atoms with Crippen LogP contribution in [0.2, 0.25) is 0 Å². The normalized spacial score (nSPS) is 15.6. The lowest BCUT2D eigenvalue weighted by molar-refractivity contribution is 0.403. The second-order valence-corrected chi connectivity index (χ2v) is 12.8. The van der Waals surface area contributed by atoms with Crippen molar-refractivity contribution < 1.29 is 0 Å². The van der Waals surface area contributed by atoms with E-state index >= 15 is 0 Å². The van der Waals surface area contributed by atoms with Crippen LogP contribution in [0.15, 0.2) is 93.9 Å². The molecule has 0 heterocycles. The molecule has 0 saturated heterocycles. The Bertz CT molecular complexity index is 1340. The molecule has 0 bridgehead atoms. The van der Waals surface area contributed by atoms with Crippen molar-refractivity contribution in [1.82, 2.24) is 0 Å². The minimum atomic E-state index is 0.198. The Hall–Kier alpha value is -2.36. The number of fused-ring (bicyclic) bond motifs is 1. The predicted octanol–water partition coefficient (Wildman–Crippen LogP) is 10.6. The molecule has 178 valence electrons. The van der Waals surface area contributed by atoms with E-state index in [9.17, 15) is 0 Å². The molecule has 0 aliphatic heterocycles. The minimum absolute atomic E-state index is 0.198. The zero-order valence-electron chi connectivity index (χ0n) is 21.0. The Balaban J connectivity index is 1.58. The van der Waals surface area contributed by atoms with Gasteiger partial charge in [0.05, 0.1) is 0 Å². The molecule has 0 amide bonds. The molecule has 4 aromatic rings. The van der Waals surface area contributed by atoms with Gasteiger partial charge in [-0.3, -0.25) is 0 Å². The summed E-state index contributed by atoms with van der Waals surface area (Å²) in [5.74, 6) is 0. The SMILES string of the molecule is Cc1cc(-c2ccc3c(c2)C(C)(C)CC3(C)C)ccc1N(c1ccc(Br)cc1)c1ccc(Br)cc1. The van der Waals surface area contributed by atoms with E-state index in [1.807, 2.05) is 0 Å². The Labute approximate surface area is 226 Å². The number of hydrogen-bond donors (Lipinski definition) is 0. The first-order chi connectivity index (χ1) is 16.5. The van der Waals surface area contributed by atoms with Crippen LogP contribution in [0.25, 0.3) is 11.1 Å². The molecule has 0 saturated carbocycles. The molecule has 3 heteroatoms. The lowest BCUT2D eigenvalue weighted by Crippen LogP contribution is -2.17. The Morgan fingerprint density at radius 2 is 1.09 bits per heavy atom. The highest BCUT2D eigenvalue weighted by Crippen LogP contribution is 2.50. The monoisotopic (exact) mass is 587 g/mol. The molecule has 0 spiro atoms. The second kappa shape index (κ2) is 8.94. The lowest BCUT2D eigenvalue weighted by Gasteiger charge is -2.27. The van der Waals surface area contributed by atoms with Crippen LogP contribution >= 0.6 is 31.9 Å². The van der Waals surface area contributed by atoms with Crippen LogP contribution in [0.5, 0.6) is 0 Å². The van der Waals surface area contributed by atoms with E-state index in [0.717, 1.165) is 20.3 Å². The van der Waals surface area contributed by atoms with Gasteiger partial charge in [0.15, 0.2) is 0 Å². The third-order valence-electron chi connectivity index (χ3n) is 7.30. The van der Waals surface area contributed by atoms with Crippen LogP contribution in [0.1, 0.15) is 50.8 Å². The largest absolute Gasteiger partial charge is 0.310 e. The number of rotatable bonds is 4. The molecule has 0 unspecified atom stereocenters. The molecular weight excluding hydrogens is 558 g/mol. The Morgan fingerprint density at radius 1 is 0.600 bits per heavy atom. The first kappa shape index (κ1) is 24.3. The summed E-state index contributed by atoms with van der Waals surface area (Å²) in [4.78, 5) is 2.33. The number of aryl methyl sites for hydroxylation is 1. The molecule has 0 atom stereocenters. The van der Waals surface area contributed by atoms with Gasteiger partial charge < -0.3 is 4.90 Å². The highest BCUT2D eigenvalue weighted by Gasteiger charge is 2.41. The summed E-state index contributed by atoms with van der Waals surface area (Å²) in [5, 5.41) is 0. The van der Waals surface area contributed by atoms with Gasteiger partial charge in [-0.05, 0) is 113 Å². The van der Waals surface area contributed by atoms with Crippen molar-refractivity contribution in [1.29, 1.82) is 0 Å². The highest BCUT2D eigenvalue weighted by molar-refractivity contribution is 9.10. The van der Waals surface area contributed by atoms with Gasteiger partial charge in [0, 0.05) is 26.0 Å². The van der Waals surface area contributed by atoms with E-state index < -0.39 is 0 Å². The van der Waals surface area contributed by atoms with Gasteiger partial charge >= 0.3 is 0 Å². The second-order valence-electron chi connectivity index (χ2n) is 11.0. The Kier molecular flexibility index (Phi) is 6.22. The van der Waals surface area contributed by atoms with Crippen molar-refractivity contribution in [2.75, 3.05) is 4.90 Å². The number of anilines is 3. The molecule has 0 radical (unpaired) electrons. The van der Waals surface area contributed by atoms with Crippen LogP contribution in [0, 0.1) is 6.92 Å². The van der Waals surface area contributed by atoms with Crippen molar-refractivity contribution in [2.24, 2.45) is 0 Å². The van der Waals surface area contributed by atoms with E-state index in [0.29, 0.717) is 0 Å². The van der Waals surface area contributed by atoms with Crippen LogP contribution in [0.4, 0.5) is 17.1 Å². The molecule has 0 aromatic heterocycles. The number of hydrogen-bond acceptors (Lipinski definition) is 1. The zero-order chi connectivity index (χ0) is 25.0. The molecule has 5 rings (SSSR count). The minimum Gasteiger partial charge on any atom is -0.310 e. The van der Waals surface area contributed by atoms with E-state index in [1.165, 1.54) is 39.9 Å². The molecular formula is C32H31Br2N. The quantitative estimate of drug-likeness (QED) is 0.229. The fraction of sp³-hybridized carbons (Fsp3) is 0.250. The summed E-state index contributed by atoms with van der Waals surface area (Å²) in [6.07, 6.45) is 1.19. The van der Waals surface area contributed by atoms with Crippen LogP contribution in [-0.4, -0.2) is 0 Å². The number of benzene rings is 4. The molecule has 35 heavy (non-hydrogen) atoms. The summed E-state index contributed by atoms with van der Waals surface area (Å²) in [5.41, 5.74) is 10.7. The van der Waals surface area contributed by atoms with Crippen LogP contribution < -0.4 is 4.90 Å². The number of nitrogens with zero attached hydrogens (tertiary/aromatic N) is 1. The molecule has 1 aliphatic carbocycles. The molecule has 0 fully saturated rings. The third-order valence-corrected chi connectivity index (χ3v) is 8.36. The first-order valence-electron chi connectivity index (χ1n) is 12.1. The summed E-state index contributed by atoms with van der Waals surface area (Å²) in [6.45, 7) is 11.7. The standard InChI is InChI=1S/C32H31Br2N/c1-21-18-22(23-6-16-28-29(19-23)32(4,5)20-31(28,2)3)7-17-30(21)35(26-12-8-24(33)9-13-26)27-14-10-25(34)11-15-27/h6-19H,20H2,1-5H3. The van der Waals surface area contributed by atoms with Crippen molar-refractivity contribution in [2.45, 2.75) is 51.9 Å². The van der Waals surface area contributed by atoms with E-state index in [4.69, 9.17) is 0 Å². The van der Waals surface area contributed by atoms with E-state index in [2.05, 4.69) is 156 Å². The van der Waals surface area contributed by atoms with Crippen molar-refractivity contribution in [3.63, 3.8) is 0 Å². The summed E-state index contributed by atoms with van der Waals surface area (Å²) >= 11 is 7.16. The summed E-state index contributed by atoms with van der Waals surface area (Å²) < 4.78 is 2.15. The maximum absolute atomic E-state index is 3.58. The Morgan fingerprint density at radius 3 is 1.63 bits per heavy atom. The maximum Gasteiger partial charge on any atom is 0.0491 e. The van der Waals surface area contributed by atoms with Crippen molar-refractivity contribution in [3.05, 3.63) is 111 Å². The van der Waals surface area contributed by atoms with Gasteiger partial charge in [0.25, 0.3) is 0 Å².